The van der Waals surface area contributed by atoms with Crippen LogP contribution in [0.15, 0.2) is 12.4 Å². The van der Waals surface area contributed by atoms with Crippen molar-refractivity contribution in [3.05, 3.63) is 18.2 Å². The lowest BCUT2D eigenvalue weighted by atomic mass is 10.2. The fourth-order valence-corrected chi connectivity index (χ4v) is 1.69. The molecule has 0 aromatic carbocycles. The normalized spacial score (nSPS) is 12.9. The number of hydrogen-bond acceptors (Lipinski definition) is 4. The summed E-state index contributed by atoms with van der Waals surface area (Å²) in [5, 5.41) is 0. The van der Waals surface area contributed by atoms with Gasteiger partial charge in [0, 0.05) is 32.2 Å². The van der Waals surface area contributed by atoms with Crippen LogP contribution in [-0.4, -0.2) is 22.8 Å². The minimum atomic E-state index is 0.0631. The molecule has 0 saturated carbocycles. The van der Waals surface area contributed by atoms with Gasteiger partial charge in [-0.25, -0.2) is 10.4 Å². The number of nitrogens with one attached hydrogen (secondary N) is 1. The highest BCUT2D eigenvalue weighted by Gasteiger charge is 2.14. The van der Waals surface area contributed by atoms with Gasteiger partial charge in [0.2, 0.25) is 0 Å². The molecule has 1 heterocycles. The Bertz CT molecular complexity index is 287. The SMILES string of the molecule is CCCn1ccnc1C(CCOCC)NN. The van der Waals surface area contributed by atoms with Crippen molar-refractivity contribution in [3.8, 4) is 0 Å². The third-order valence-electron chi connectivity index (χ3n) is 2.48. The molecule has 3 N–H and O–H groups in total. The van der Waals surface area contributed by atoms with E-state index in [1.165, 1.54) is 0 Å². The average molecular weight is 226 g/mol. The number of imidazole rings is 1. The van der Waals surface area contributed by atoms with Gasteiger partial charge in [-0.3, -0.25) is 5.84 Å². The van der Waals surface area contributed by atoms with Gasteiger partial charge in [-0.2, -0.15) is 0 Å². The maximum atomic E-state index is 5.55. The first-order valence-electron chi connectivity index (χ1n) is 5.88. The predicted octanol–water partition coefficient (Wildman–Crippen LogP) is 1.22. The minimum absolute atomic E-state index is 0.0631. The number of nitrogens with two attached hydrogens (primary N) is 1. The van der Waals surface area contributed by atoms with Gasteiger partial charge in [-0.1, -0.05) is 6.92 Å². The topological polar surface area (TPSA) is 65.1 Å². The van der Waals surface area contributed by atoms with Crippen molar-refractivity contribution in [3.63, 3.8) is 0 Å². The van der Waals surface area contributed by atoms with Crippen LogP contribution in [0.2, 0.25) is 0 Å². The zero-order chi connectivity index (χ0) is 11.8. The molecule has 1 atom stereocenters. The molecule has 0 aliphatic heterocycles. The zero-order valence-electron chi connectivity index (χ0n) is 10.1. The van der Waals surface area contributed by atoms with Crippen molar-refractivity contribution in [2.24, 2.45) is 5.84 Å². The summed E-state index contributed by atoms with van der Waals surface area (Å²) in [6.07, 6.45) is 5.73. The Morgan fingerprint density at radius 3 is 3.00 bits per heavy atom. The van der Waals surface area contributed by atoms with Gasteiger partial charge >= 0.3 is 0 Å². The van der Waals surface area contributed by atoms with Crippen molar-refractivity contribution in [2.45, 2.75) is 39.3 Å². The van der Waals surface area contributed by atoms with Crippen molar-refractivity contribution < 1.29 is 4.74 Å². The fourth-order valence-electron chi connectivity index (χ4n) is 1.69. The standard InChI is InChI=1S/C11H22N4O/c1-3-7-15-8-6-13-11(15)10(14-12)5-9-16-4-2/h6,8,10,14H,3-5,7,9,12H2,1-2H3. The summed E-state index contributed by atoms with van der Waals surface area (Å²) >= 11 is 0. The molecule has 5 nitrogen and oxygen atoms in total. The molecule has 16 heavy (non-hydrogen) atoms. The molecule has 1 unspecified atom stereocenters. The van der Waals surface area contributed by atoms with Crippen LogP contribution in [0, 0.1) is 0 Å². The summed E-state index contributed by atoms with van der Waals surface area (Å²) in [6, 6.07) is 0.0631. The number of rotatable bonds is 8. The Labute approximate surface area is 97.0 Å². The van der Waals surface area contributed by atoms with Gasteiger partial charge in [0.25, 0.3) is 0 Å². The highest BCUT2D eigenvalue weighted by atomic mass is 16.5. The van der Waals surface area contributed by atoms with E-state index in [0.29, 0.717) is 6.61 Å². The van der Waals surface area contributed by atoms with Crippen molar-refractivity contribution >= 4 is 0 Å². The molecular weight excluding hydrogens is 204 g/mol. The number of hydrogen-bond donors (Lipinski definition) is 2. The summed E-state index contributed by atoms with van der Waals surface area (Å²) in [6.45, 7) is 6.55. The van der Waals surface area contributed by atoms with Gasteiger partial charge < -0.3 is 9.30 Å². The maximum absolute atomic E-state index is 5.55. The van der Waals surface area contributed by atoms with Crippen LogP contribution in [-0.2, 0) is 11.3 Å². The molecule has 0 aliphatic carbocycles. The van der Waals surface area contributed by atoms with Gasteiger partial charge in [0.05, 0.1) is 6.04 Å². The van der Waals surface area contributed by atoms with E-state index in [4.69, 9.17) is 10.6 Å². The number of aromatic nitrogens is 2. The zero-order valence-corrected chi connectivity index (χ0v) is 10.1. The van der Waals surface area contributed by atoms with Gasteiger partial charge in [-0.15, -0.1) is 0 Å². The van der Waals surface area contributed by atoms with Crippen molar-refractivity contribution in [2.75, 3.05) is 13.2 Å². The van der Waals surface area contributed by atoms with Crippen molar-refractivity contribution in [1.82, 2.24) is 15.0 Å². The Morgan fingerprint density at radius 2 is 2.38 bits per heavy atom. The van der Waals surface area contributed by atoms with Crippen LogP contribution in [0.3, 0.4) is 0 Å². The molecule has 0 radical (unpaired) electrons. The molecule has 0 saturated heterocycles. The molecule has 1 aromatic heterocycles. The number of nitrogens with zero attached hydrogens (tertiary/aromatic N) is 2. The second-order valence-corrected chi connectivity index (χ2v) is 3.68. The first-order chi connectivity index (χ1) is 7.83. The minimum Gasteiger partial charge on any atom is -0.382 e. The first kappa shape index (κ1) is 13.2. The Balaban J connectivity index is 2.59. The molecule has 5 heteroatoms. The molecule has 1 rings (SSSR count). The molecule has 0 spiro atoms. The summed E-state index contributed by atoms with van der Waals surface area (Å²) < 4.78 is 7.47. The molecule has 1 aromatic rings. The quantitative estimate of drug-likeness (QED) is 0.397. The smallest absolute Gasteiger partial charge is 0.127 e. The van der Waals surface area contributed by atoms with Gasteiger partial charge in [0.15, 0.2) is 0 Å². The Morgan fingerprint density at radius 1 is 1.56 bits per heavy atom. The summed E-state index contributed by atoms with van der Waals surface area (Å²) in [5.41, 5.74) is 2.80. The third-order valence-corrected chi connectivity index (χ3v) is 2.48. The molecule has 0 fully saturated rings. The number of hydrazine groups is 1. The van der Waals surface area contributed by atoms with Crippen LogP contribution < -0.4 is 11.3 Å². The van der Waals surface area contributed by atoms with E-state index in [-0.39, 0.29) is 6.04 Å². The van der Waals surface area contributed by atoms with E-state index in [2.05, 4.69) is 21.9 Å². The third kappa shape index (κ3) is 3.59. The van der Waals surface area contributed by atoms with E-state index < -0.39 is 0 Å². The van der Waals surface area contributed by atoms with E-state index in [0.717, 1.165) is 31.8 Å². The Kier molecular flexibility index (Phi) is 6.07. The fraction of sp³-hybridized carbons (Fsp3) is 0.727. The number of ether oxygens (including phenoxy) is 1. The van der Waals surface area contributed by atoms with Gasteiger partial charge in [0.1, 0.15) is 5.82 Å². The Hall–Kier alpha value is -0.910. The second kappa shape index (κ2) is 7.38. The summed E-state index contributed by atoms with van der Waals surface area (Å²) in [5.74, 6) is 6.54. The molecule has 0 aliphatic rings. The van der Waals surface area contributed by atoms with Crippen LogP contribution in [0.25, 0.3) is 0 Å². The average Bonchev–Trinajstić information content (AvgIpc) is 2.73. The summed E-state index contributed by atoms with van der Waals surface area (Å²) in [4.78, 5) is 4.35. The molecule has 0 amide bonds. The summed E-state index contributed by atoms with van der Waals surface area (Å²) in [7, 11) is 0. The lowest BCUT2D eigenvalue weighted by Gasteiger charge is -2.16. The van der Waals surface area contributed by atoms with E-state index >= 15 is 0 Å². The lowest BCUT2D eigenvalue weighted by Crippen LogP contribution is -2.31. The van der Waals surface area contributed by atoms with E-state index in [9.17, 15) is 0 Å². The monoisotopic (exact) mass is 226 g/mol. The van der Waals surface area contributed by atoms with Crippen molar-refractivity contribution in [1.29, 1.82) is 0 Å². The molecular formula is C11H22N4O. The van der Waals surface area contributed by atoms with Gasteiger partial charge in [-0.05, 0) is 19.8 Å². The van der Waals surface area contributed by atoms with Crippen LogP contribution in [0.1, 0.15) is 38.6 Å². The second-order valence-electron chi connectivity index (χ2n) is 3.68. The number of aryl methyl sites for hydroxylation is 1. The van der Waals surface area contributed by atoms with Crippen LogP contribution >= 0.6 is 0 Å². The largest absolute Gasteiger partial charge is 0.382 e. The lowest BCUT2D eigenvalue weighted by molar-refractivity contribution is 0.135. The highest BCUT2D eigenvalue weighted by molar-refractivity contribution is 4.99. The van der Waals surface area contributed by atoms with Crippen LogP contribution in [0.4, 0.5) is 0 Å². The van der Waals surface area contributed by atoms with Crippen LogP contribution in [0.5, 0.6) is 0 Å². The van der Waals surface area contributed by atoms with E-state index in [1.807, 2.05) is 19.3 Å². The predicted molar refractivity (Wildman–Crippen MR) is 63.7 cm³/mol. The van der Waals surface area contributed by atoms with E-state index in [1.54, 1.807) is 0 Å². The molecule has 92 valence electrons. The highest BCUT2D eigenvalue weighted by Crippen LogP contribution is 2.14. The maximum Gasteiger partial charge on any atom is 0.127 e. The first-order valence-corrected chi connectivity index (χ1v) is 5.88. The molecule has 0 bridgehead atoms.